The molecule has 2 heteroatoms. The van der Waals surface area contributed by atoms with Crippen LogP contribution < -0.4 is 11.5 Å². The SMILES string of the molecule is C=C(c1ccc(C2CCCCC2)cc1)C(C)C.CC(N)CCN. The Morgan fingerprint density at radius 3 is 2.04 bits per heavy atom. The third-order valence-corrected chi connectivity index (χ3v) is 4.68. The molecule has 1 atom stereocenters. The normalized spacial score (nSPS) is 16.6. The average molecular weight is 317 g/mol. The Balaban J connectivity index is 0.000000379. The van der Waals surface area contributed by atoms with Crippen LogP contribution in [0.1, 0.15) is 76.3 Å². The van der Waals surface area contributed by atoms with Gasteiger partial charge in [0.25, 0.3) is 0 Å². The van der Waals surface area contributed by atoms with Crippen LogP contribution in [0.15, 0.2) is 30.8 Å². The van der Waals surface area contributed by atoms with Gasteiger partial charge in [0, 0.05) is 6.04 Å². The molecular weight excluding hydrogens is 280 g/mol. The first-order valence-corrected chi connectivity index (χ1v) is 9.20. The van der Waals surface area contributed by atoms with Crippen LogP contribution in [0.25, 0.3) is 5.57 Å². The van der Waals surface area contributed by atoms with Crippen molar-refractivity contribution in [3.63, 3.8) is 0 Å². The molecule has 0 aromatic heterocycles. The number of nitrogens with two attached hydrogens (primary N) is 2. The summed E-state index contributed by atoms with van der Waals surface area (Å²) >= 11 is 0. The van der Waals surface area contributed by atoms with Crippen LogP contribution in [0, 0.1) is 5.92 Å². The van der Waals surface area contributed by atoms with Crippen LogP contribution >= 0.6 is 0 Å². The Morgan fingerprint density at radius 1 is 1.09 bits per heavy atom. The number of benzene rings is 1. The van der Waals surface area contributed by atoms with E-state index in [0.717, 1.165) is 12.3 Å². The maximum absolute atomic E-state index is 5.32. The van der Waals surface area contributed by atoms with Gasteiger partial charge in [0.15, 0.2) is 0 Å². The summed E-state index contributed by atoms with van der Waals surface area (Å²) in [6.45, 7) is 11.2. The van der Waals surface area contributed by atoms with Gasteiger partial charge in [-0.2, -0.15) is 0 Å². The van der Waals surface area contributed by atoms with E-state index >= 15 is 0 Å². The quantitative estimate of drug-likeness (QED) is 0.795. The zero-order chi connectivity index (χ0) is 17.2. The van der Waals surface area contributed by atoms with Crippen molar-refractivity contribution in [2.45, 2.75) is 71.3 Å². The Hall–Kier alpha value is -1.12. The zero-order valence-corrected chi connectivity index (χ0v) is 15.4. The second kappa shape index (κ2) is 10.6. The fourth-order valence-corrected chi connectivity index (χ4v) is 3.00. The number of hydrogen-bond acceptors (Lipinski definition) is 2. The molecule has 2 rings (SSSR count). The van der Waals surface area contributed by atoms with E-state index in [9.17, 15) is 0 Å². The highest BCUT2D eigenvalue weighted by atomic mass is 14.6. The fourth-order valence-electron chi connectivity index (χ4n) is 3.00. The predicted octanol–water partition coefficient (Wildman–Crippen LogP) is 5.09. The Kier molecular flexibility index (Phi) is 9.20. The molecule has 1 aliphatic rings. The van der Waals surface area contributed by atoms with Crippen molar-refractivity contribution in [3.05, 3.63) is 42.0 Å². The monoisotopic (exact) mass is 316 g/mol. The minimum Gasteiger partial charge on any atom is -0.330 e. The van der Waals surface area contributed by atoms with Gasteiger partial charge in [-0.3, -0.25) is 0 Å². The molecule has 4 N–H and O–H groups in total. The van der Waals surface area contributed by atoms with E-state index < -0.39 is 0 Å². The molecule has 1 aliphatic carbocycles. The predicted molar refractivity (Wildman–Crippen MR) is 103 cm³/mol. The summed E-state index contributed by atoms with van der Waals surface area (Å²) in [5.74, 6) is 1.35. The number of hydrogen-bond donors (Lipinski definition) is 2. The third kappa shape index (κ3) is 7.32. The smallest absolute Gasteiger partial charge is 0.00224 e. The molecule has 130 valence electrons. The Morgan fingerprint density at radius 2 is 1.65 bits per heavy atom. The van der Waals surface area contributed by atoms with E-state index in [1.54, 1.807) is 0 Å². The van der Waals surface area contributed by atoms with Crippen molar-refractivity contribution in [2.24, 2.45) is 17.4 Å². The van der Waals surface area contributed by atoms with Crippen LogP contribution in [-0.4, -0.2) is 12.6 Å². The summed E-state index contributed by atoms with van der Waals surface area (Å²) < 4.78 is 0. The summed E-state index contributed by atoms with van der Waals surface area (Å²) in [6, 6.07) is 9.42. The van der Waals surface area contributed by atoms with Crippen molar-refractivity contribution >= 4 is 5.57 Å². The van der Waals surface area contributed by atoms with Crippen molar-refractivity contribution in [3.8, 4) is 0 Å². The van der Waals surface area contributed by atoms with Gasteiger partial charge in [0.1, 0.15) is 0 Å². The molecule has 0 spiro atoms. The highest BCUT2D eigenvalue weighted by molar-refractivity contribution is 5.64. The molecule has 1 unspecified atom stereocenters. The van der Waals surface area contributed by atoms with Crippen LogP contribution in [0.2, 0.25) is 0 Å². The topological polar surface area (TPSA) is 52.0 Å². The highest BCUT2D eigenvalue weighted by Crippen LogP contribution is 2.33. The molecule has 1 aromatic carbocycles. The lowest BCUT2D eigenvalue weighted by atomic mass is 9.83. The van der Waals surface area contributed by atoms with E-state index in [1.165, 1.54) is 48.8 Å². The molecule has 0 radical (unpaired) electrons. The first-order chi connectivity index (χ1) is 11.0. The molecule has 1 fully saturated rings. The van der Waals surface area contributed by atoms with Crippen molar-refractivity contribution < 1.29 is 0 Å². The van der Waals surface area contributed by atoms with Gasteiger partial charge in [-0.25, -0.2) is 0 Å². The third-order valence-electron chi connectivity index (χ3n) is 4.68. The van der Waals surface area contributed by atoms with Gasteiger partial charge in [0.05, 0.1) is 0 Å². The molecule has 0 saturated heterocycles. The lowest BCUT2D eigenvalue weighted by Gasteiger charge is -2.22. The summed E-state index contributed by atoms with van der Waals surface area (Å²) in [4.78, 5) is 0. The standard InChI is InChI=1S/C17H24.C4H12N2/c1-13(2)14(3)15-9-11-17(12-10-15)16-7-5-4-6-8-16;1-4(6)2-3-5/h9-13,16H,3-8H2,1-2H3;4H,2-3,5-6H2,1H3. The molecule has 23 heavy (non-hydrogen) atoms. The first-order valence-electron chi connectivity index (χ1n) is 9.20. The maximum Gasteiger partial charge on any atom is 0.00224 e. The van der Waals surface area contributed by atoms with Crippen molar-refractivity contribution in [1.82, 2.24) is 0 Å². The number of allylic oxidation sites excluding steroid dienone is 1. The van der Waals surface area contributed by atoms with Crippen molar-refractivity contribution in [1.29, 1.82) is 0 Å². The van der Waals surface area contributed by atoms with Gasteiger partial charge in [-0.1, -0.05) is 64.0 Å². The number of rotatable bonds is 5. The van der Waals surface area contributed by atoms with E-state index in [2.05, 4.69) is 44.7 Å². The zero-order valence-electron chi connectivity index (χ0n) is 15.4. The molecule has 1 aromatic rings. The minimum atomic E-state index is 0.273. The van der Waals surface area contributed by atoms with E-state index in [1.807, 2.05) is 6.92 Å². The summed E-state index contributed by atoms with van der Waals surface area (Å²) in [5, 5.41) is 0. The molecular formula is C21H36N2. The summed E-state index contributed by atoms with van der Waals surface area (Å²) in [6.07, 6.45) is 7.93. The van der Waals surface area contributed by atoms with E-state index in [-0.39, 0.29) is 6.04 Å². The lowest BCUT2D eigenvalue weighted by molar-refractivity contribution is 0.443. The fraction of sp³-hybridized carbons (Fsp3) is 0.619. The van der Waals surface area contributed by atoms with Gasteiger partial charge in [0.2, 0.25) is 0 Å². The molecule has 2 nitrogen and oxygen atoms in total. The first kappa shape index (κ1) is 19.9. The lowest BCUT2D eigenvalue weighted by Crippen LogP contribution is -2.18. The highest BCUT2D eigenvalue weighted by Gasteiger charge is 2.15. The van der Waals surface area contributed by atoms with Gasteiger partial charge >= 0.3 is 0 Å². The van der Waals surface area contributed by atoms with Crippen LogP contribution in [0.3, 0.4) is 0 Å². The van der Waals surface area contributed by atoms with Gasteiger partial charge < -0.3 is 11.5 Å². The maximum atomic E-state index is 5.32. The molecule has 0 heterocycles. The second-order valence-corrected chi connectivity index (χ2v) is 7.19. The van der Waals surface area contributed by atoms with Crippen LogP contribution in [-0.2, 0) is 0 Å². The molecule has 0 aliphatic heterocycles. The summed E-state index contributed by atoms with van der Waals surface area (Å²) in [5.41, 5.74) is 14.6. The molecule has 0 bridgehead atoms. The summed E-state index contributed by atoms with van der Waals surface area (Å²) in [7, 11) is 0. The largest absolute Gasteiger partial charge is 0.330 e. The average Bonchev–Trinajstić information content (AvgIpc) is 2.55. The van der Waals surface area contributed by atoms with E-state index in [4.69, 9.17) is 11.5 Å². The van der Waals surface area contributed by atoms with Crippen LogP contribution in [0.4, 0.5) is 0 Å². The van der Waals surface area contributed by atoms with Gasteiger partial charge in [-0.05, 0) is 61.3 Å². The van der Waals surface area contributed by atoms with E-state index in [0.29, 0.717) is 12.5 Å². The molecule has 0 amide bonds. The second-order valence-electron chi connectivity index (χ2n) is 7.19. The van der Waals surface area contributed by atoms with Crippen molar-refractivity contribution in [2.75, 3.05) is 6.54 Å². The molecule has 1 saturated carbocycles. The van der Waals surface area contributed by atoms with Gasteiger partial charge in [-0.15, -0.1) is 0 Å². The minimum absolute atomic E-state index is 0.273. The van der Waals surface area contributed by atoms with Crippen LogP contribution in [0.5, 0.6) is 0 Å². The Labute approximate surface area is 143 Å². The Bertz CT molecular complexity index is 439.